The number of rotatable bonds is 4. The smallest absolute Gasteiger partial charge is 0.319 e. The Morgan fingerprint density at radius 2 is 1.84 bits per heavy atom. The van der Waals surface area contributed by atoms with Crippen molar-refractivity contribution in [2.45, 2.75) is 40.5 Å². The third-order valence-corrected chi connectivity index (χ3v) is 3.89. The van der Waals surface area contributed by atoms with Crippen molar-refractivity contribution in [1.29, 1.82) is 0 Å². The zero-order valence-electron chi connectivity index (χ0n) is 12.5. The third-order valence-electron chi connectivity index (χ3n) is 3.89. The van der Waals surface area contributed by atoms with E-state index >= 15 is 0 Å². The van der Waals surface area contributed by atoms with Crippen LogP contribution in [0.3, 0.4) is 0 Å². The molecule has 0 aliphatic carbocycles. The Balaban J connectivity index is 2.59. The highest BCUT2D eigenvalue weighted by Gasteiger charge is 2.38. The summed E-state index contributed by atoms with van der Waals surface area (Å²) in [6.07, 6.45) is 1.07. The van der Waals surface area contributed by atoms with Crippen molar-refractivity contribution in [3.8, 4) is 0 Å². The Hall–Kier alpha value is -1.26. The monoisotopic (exact) mass is 270 g/mol. The normalized spacial score (nSPS) is 18.5. The van der Waals surface area contributed by atoms with E-state index in [9.17, 15) is 14.7 Å². The van der Waals surface area contributed by atoms with Crippen LogP contribution >= 0.6 is 0 Å². The number of nitrogens with zero attached hydrogens (tertiary/aromatic N) is 2. The summed E-state index contributed by atoms with van der Waals surface area (Å²) in [4.78, 5) is 27.2. The highest BCUT2D eigenvalue weighted by molar-refractivity contribution is 5.77. The quantitative estimate of drug-likeness (QED) is 0.852. The second-order valence-corrected chi connectivity index (χ2v) is 6.07. The molecule has 0 spiro atoms. The second kappa shape index (κ2) is 6.26. The molecule has 2 amide bonds. The van der Waals surface area contributed by atoms with Crippen molar-refractivity contribution in [2.24, 2.45) is 11.3 Å². The maximum Gasteiger partial charge on any atom is 0.319 e. The minimum atomic E-state index is -0.755. The lowest BCUT2D eigenvalue weighted by Crippen LogP contribution is -2.50. The fourth-order valence-electron chi connectivity index (χ4n) is 2.39. The minimum Gasteiger partial charge on any atom is -0.481 e. The first-order valence-corrected chi connectivity index (χ1v) is 7.07. The van der Waals surface area contributed by atoms with Gasteiger partial charge in [0.25, 0.3) is 0 Å². The maximum atomic E-state index is 12.4. The molecule has 0 aromatic carbocycles. The van der Waals surface area contributed by atoms with Crippen LogP contribution in [0.15, 0.2) is 0 Å². The lowest BCUT2D eigenvalue weighted by atomic mass is 9.80. The van der Waals surface area contributed by atoms with Gasteiger partial charge in [0.05, 0.1) is 5.41 Å². The van der Waals surface area contributed by atoms with Crippen LogP contribution < -0.4 is 0 Å². The lowest BCUT2D eigenvalue weighted by Gasteiger charge is -2.39. The number of hydrogen-bond donors (Lipinski definition) is 1. The highest BCUT2D eigenvalue weighted by Crippen LogP contribution is 2.31. The van der Waals surface area contributed by atoms with Crippen molar-refractivity contribution in [3.05, 3.63) is 0 Å². The molecule has 1 saturated heterocycles. The van der Waals surface area contributed by atoms with Crippen LogP contribution in [0.1, 0.15) is 40.5 Å². The van der Waals surface area contributed by atoms with E-state index in [1.54, 1.807) is 11.8 Å². The molecular formula is C14H26N2O3. The van der Waals surface area contributed by atoms with Crippen molar-refractivity contribution in [1.82, 2.24) is 9.80 Å². The fraction of sp³-hybridized carbons (Fsp3) is 0.857. The van der Waals surface area contributed by atoms with Gasteiger partial charge >= 0.3 is 12.0 Å². The Bertz CT molecular complexity index is 334. The molecule has 5 heteroatoms. The molecule has 5 nitrogen and oxygen atoms in total. The molecule has 0 bridgehead atoms. The van der Waals surface area contributed by atoms with E-state index in [-0.39, 0.29) is 6.03 Å². The summed E-state index contributed by atoms with van der Waals surface area (Å²) in [7, 11) is 0. The number of urea groups is 1. The topological polar surface area (TPSA) is 60.9 Å². The van der Waals surface area contributed by atoms with Crippen LogP contribution in [0, 0.1) is 11.3 Å². The van der Waals surface area contributed by atoms with E-state index in [0.717, 1.165) is 6.54 Å². The molecule has 1 heterocycles. The SMILES string of the molecule is CCN(CC(C)C)C(=O)N1CCC(C)(C(=O)O)CC1. The van der Waals surface area contributed by atoms with Crippen molar-refractivity contribution < 1.29 is 14.7 Å². The molecule has 19 heavy (non-hydrogen) atoms. The van der Waals surface area contributed by atoms with Crippen LogP contribution in [0.5, 0.6) is 0 Å². The van der Waals surface area contributed by atoms with Gasteiger partial charge in [0.1, 0.15) is 0 Å². The molecule has 1 aliphatic heterocycles. The third kappa shape index (κ3) is 3.85. The Morgan fingerprint density at radius 3 is 2.21 bits per heavy atom. The number of hydrogen-bond acceptors (Lipinski definition) is 2. The van der Waals surface area contributed by atoms with Crippen molar-refractivity contribution in [2.75, 3.05) is 26.2 Å². The molecule has 1 N–H and O–H groups in total. The van der Waals surface area contributed by atoms with E-state index in [1.165, 1.54) is 0 Å². The maximum absolute atomic E-state index is 12.4. The summed E-state index contributed by atoms with van der Waals surface area (Å²) >= 11 is 0. The first kappa shape index (κ1) is 15.8. The Kier molecular flexibility index (Phi) is 5.20. The van der Waals surface area contributed by atoms with Crippen LogP contribution in [0.25, 0.3) is 0 Å². The summed E-state index contributed by atoms with van der Waals surface area (Å²) in [5.41, 5.74) is -0.675. The predicted octanol–water partition coefficient (Wildman–Crippen LogP) is 2.27. The van der Waals surface area contributed by atoms with Crippen LogP contribution in [0.2, 0.25) is 0 Å². The highest BCUT2D eigenvalue weighted by atomic mass is 16.4. The van der Waals surface area contributed by atoms with Gasteiger partial charge < -0.3 is 14.9 Å². The van der Waals surface area contributed by atoms with Gasteiger partial charge in [0, 0.05) is 26.2 Å². The van der Waals surface area contributed by atoms with Gasteiger partial charge in [0.2, 0.25) is 0 Å². The van der Waals surface area contributed by atoms with Crippen LogP contribution in [-0.2, 0) is 4.79 Å². The van der Waals surface area contributed by atoms with Crippen LogP contribution in [-0.4, -0.2) is 53.1 Å². The van der Waals surface area contributed by atoms with E-state index in [4.69, 9.17) is 0 Å². The van der Waals surface area contributed by atoms with E-state index in [0.29, 0.717) is 38.4 Å². The number of carbonyl (C=O) groups excluding carboxylic acids is 1. The molecule has 0 aromatic heterocycles. The van der Waals surface area contributed by atoms with E-state index in [1.807, 2.05) is 11.8 Å². The number of carbonyl (C=O) groups is 2. The summed E-state index contributed by atoms with van der Waals surface area (Å²) in [6.45, 7) is 10.5. The lowest BCUT2D eigenvalue weighted by molar-refractivity contribution is -0.150. The fourth-order valence-corrected chi connectivity index (χ4v) is 2.39. The van der Waals surface area contributed by atoms with Gasteiger partial charge in [-0.1, -0.05) is 13.8 Å². The van der Waals surface area contributed by atoms with Crippen molar-refractivity contribution in [3.63, 3.8) is 0 Å². The molecule has 1 rings (SSSR count). The zero-order chi connectivity index (χ0) is 14.6. The van der Waals surface area contributed by atoms with Gasteiger partial charge in [0.15, 0.2) is 0 Å². The number of amides is 2. The summed E-state index contributed by atoms with van der Waals surface area (Å²) in [6, 6.07) is 0.0450. The Labute approximate surface area is 115 Å². The number of likely N-dealkylation sites (tertiary alicyclic amines) is 1. The Morgan fingerprint density at radius 1 is 1.32 bits per heavy atom. The molecule has 0 aromatic rings. The first-order chi connectivity index (χ1) is 8.80. The summed E-state index contributed by atoms with van der Waals surface area (Å²) in [5.74, 6) is -0.313. The molecule has 110 valence electrons. The average molecular weight is 270 g/mol. The summed E-state index contributed by atoms with van der Waals surface area (Å²) in [5, 5.41) is 9.18. The van der Waals surface area contributed by atoms with E-state index < -0.39 is 11.4 Å². The number of piperidine rings is 1. The number of carboxylic acid groups (broad SMARTS) is 1. The molecular weight excluding hydrogens is 244 g/mol. The second-order valence-electron chi connectivity index (χ2n) is 6.07. The largest absolute Gasteiger partial charge is 0.481 e. The molecule has 0 atom stereocenters. The standard InChI is InChI=1S/C14H26N2O3/c1-5-15(10-11(2)3)13(19)16-8-6-14(4,7-9-16)12(17)18/h11H,5-10H2,1-4H3,(H,17,18). The predicted molar refractivity (Wildman–Crippen MR) is 74.0 cm³/mol. The van der Waals surface area contributed by atoms with Gasteiger partial charge in [-0.2, -0.15) is 0 Å². The zero-order valence-corrected chi connectivity index (χ0v) is 12.5. The summed E-state index contributed by atoms with van der Waals surface area (Å²) < 4.78 is 0. The number of aliphatic carboxylic acids is 1. The van der Waals surface area contributed by atoms with Gasteiger partial charge in [-0.25, -0.2) is 4.79 Å². The van der Waals surface area contributed by atoms with Gasteiger partial charge in [-0.15, -0.1) is 0 Å². The average Bonchev–Trinajstić information content (AvgIpc) is 2.35. The van der Waals surface area contributed by atoms with Crippen molar-refractivity contribution >= 4 is 12.0 Å². The molecule has 0 radical (unpaired) electrons. The molecule has 0 saturated carbocycles. The van der Waals surface area contributed by atoms with Crippen LogP contribution in [0.4, 0.5) is 4.79 Å². The molecule has 0 unspecified atom stereocenters. The minimum absolute atomic E-state index is 0.0450. The number of carboxylic acids is 1. The van der Waals surface area contributed by atoms with Gasteiger partial charge in [-0.05, 0) is 32.6 Å². The molecule has 1 fully saturated rings. The van der Waals surface area contributed by atoms with E-state index in [2.05, 4.69) is 13.8 Å². The van der Waals surface area contributed by atoms with Gasteiger partial charge in [-0.3, -0.25) is 4.79 Å². The molecule has 1 aliphatic rings. The first-order valence-electron chi connectivity index (χ1n) is 7.07.